The number of fused-ring (bicyclic) bond motifs is 1. The fourth-order valence-electron chi connectivity index (χ4n) is 3.09. The summed E-state index contributed by atoms with van der Waals surface area (Å²) in [5.74, 6) is -2.05. The molecule has 1 aliphatic heterocycles. The standard InChI is InChI=1S/C21H19N3O5S2/c1-12(17(25)23-18-13(11-22)7-10-31-18)29-21(28)16(8-9-30-2)24-19(26)14-5-3-4-6-15(14)20(24)27/h3-7,10,12,16H,8-9H2,1-2H3,(H,23,25). The van der Waals surface area contributed by atoms with Gasteiger partial charge in [-0.25, -0.2) is 4.79 Å². The monoisotopic (exact) mass is 457 g/mol. The van der Waals surface area contributed by atoms with Crippen molar-refractivity contribution in [3.63, 3.8) is 0 Å². The largest absolute Gasteiger partial charge is 0.451 e. The molecular formula is C21H19N3O5S2. The maximum absolute atomic E-state index is 12.9. The number of nitrogens with one attached hydrogen (secondary N) is 1. The minimum Gasteiger partial charge on any atom is -0.451 e. The Hall–Kier alpha value is -3.16. The first kappa shape index (κ1) is 22.5. The minimum absolute atomic E-state index is 0.198. The molecule has 31 heavy (non-hydrogen) atoms. The molecule has 1 aliphatic rings. The third-order valence-electron chi connectivity index (χ3n) is 4.69. The number of carbonyl (C=O) groups excluding carboxylic acids is 4. The number of nitrogens with zero attached hydrogens (tertiary/aromatic N) is 2. The lowest BCUT2D eigenvalue weighted by Crippen LogP contribution is -2.47. The number of anilines is 1. The summed E-state index contributed by atoms with van der Waals surface area (Å²) in [5.41, 5.74) is 0.782. The second-order valence-corrected chi connectivity index (χ2v) is 8.57. The van der Waals surface area contributed by atoms with Gasteiger partial charge in [0.15, 0.2) is 6.10 Å². The predicted octanol–water partition coefficient (Wildman–Crippen LogP) is 2.91. The molecule has 1 aromatic carbocycles. The summed E-state index contributed by atoms with van der Waals surface area (Å²) in [6.07, 6.45) is 0.853. The van der Waals surface area contributed by atoms with E-state index in [1.807, 2.05) is 12.3 Å². The maximum atomic E-state index is 12.9. The van der Waals surface area contributed by atoms with Gasteiger partial charge in [0, 0.05) is 0 Å². The van der Waals surface area contributed by atoms with Crippen LogP contribution in [0.25, 0.3) is 0 Å². The van der Waals surface area contributed by atoms with E-state index in [1.54, 1.807) is 23.6 Å². The highest BCUT2D eigenvalue weighted by Crippen LogP contribution is 2.27. The van der Waals surface area contributed by atoms with Gasteiger partial charge in [-0.2, -0.15) is 17.0 Å². The number of carbonyl (C=O) groups is 4. The number of esters is 1. The number of imide groups is 1. The Kier molecular flexibility index (Phi) is 7.09. The van der Waals surface area contributed by atoms with Crippen molar-refractivity contribution in [1.29, 1.82) is 5.26 Å². The molecule has 0 spiro atoms. The molecule has 1 aromatic heterocycles. The van der Waals surface area contributed by atoms with E-state index >= 15 is 0 Å². The molecule has 0 aliphatic carbocycles. The van der Waals surface area contributed by atoms with Gasteiger partial charge in [-0.3, -0.25) is 19.3 Å². The van der Waals surface area contributed by atoms with E-state index in [2.05, 4.69) is 5.32 Å². The van der Waals surface area contributed by atoms with Crippen LogP contribution >= 0.6 is 23.1 Å². The van der Waals surface area contributed by atoms with Crippen LogP contribution in [0.3, 0.4) is 0 Å². The predicted molar refractivity (Wildman–Crippen MR) is 117 cm³/mol. The smallest absolute Gasteiger partial charge is 0.330 e. The van der Waals surface area contributed by atoms with Crippen LogP contribution in [0.4, 0.5) is 5.00 Å². The van der Waals surface area contributed by atoms with Crippen molar-refractivity contribution in [1.82, 2.24) is 4.90 Å². The van der Waals surface area contributed by atoms with Gasteiger partial charge >= 0.3 is 5.97 Å². The van der Waals surface area contributed by atoms with Gasteiger partial charge in [0.05, 0.1) is 16.7 Å². The number of thioether (sulfide) groups is 1. The Bertz CT molecular complexity index is 1040. The van der Waals surface area contributed by atoms with Gasteiger partial charge in [-0.15, -0.1) is 11.3 Å². The van der Waals surface area contributed by atoms with Gasteiger partial charge in [0.1, 0.15) is 17.1 Å². The number of benzene rings is 1. The Morgan fingerprint density at radius 2 is 1.87 bits per heavy atom. The summed E-state index contributed by atoms with van der Waals surface area (Å²) >= 11 is 2.63. The molecule has 0 bridgehead atoms. The number of ether oxygens (including phenoxy) is 1. The zero-order chi connectivity index (χ0) is 22.5. The molecule has 3 amide bonds. The van der Waals surface area contributed by atoms with Crippen LogP contribution in [0, 0.1) is 11.3 Å². The fourth-order valence-corrected chi connectivity index (χ4v) is 4.29. The summed E-state index contributed by atoms with van der Waals surface area (Å²) in [7, 11) is 0. The van der Waals surface area contributed by atoms with Crippen molar-refractivity contribution in [2.75, 3.05) is 17.3 Å². The molecule has 1 N–H and O–H groups in total. The minimum atomic E-state index is -1.19. The lowest BCUT2D eigenvalue weighted by Gasteiger charge is -2.25. The van der Waals surface area contributed by atoms with E-state index in [4.69, 9.17) is 10.00 Å². The van der Waals surface area contributed by atoms with Gasteiger partial charge in [0.25, 0.3) is 17.7 Å². The second kappa shape index (κ2) is 9.76. The van der Waals surface area contributed by atoms with Crippen molar-refractivity contribution in [2.45, 2.75) is 25.5 Å². The van der Waals surface area contributed by atoms with Gasteiger partial charge in [-0.1, -0.05) is 12.1 Å². The molecule has 3 rings (SSSR count). The van der Waals surface area contributed by atoms with Crippen LogP contribution in [0.5, 0.6) is 0 Å². The number of amides is 3. The zero-order valence-electron chi connectivity index (χ0n) is 16.8. The molecule has 0 saturated carbocycles. The third kappa shape index (κ3) is 4.62. The van der Waals surface area contributed by atoms with E-state index in [0.29, 0.717) is 16.3 Å². The average Bonchev–Trinajstić information content (AvgIpc) is 3.31. The second-order valence-electron chi connectivity index (χ2n) is 6.67. The van der Waals surface area contributed by atoms with Crippen LogP contribution in [0.2, 0.25) is 0 Å². The summed E-state index contributed by atoms with van der Waals surface area (Å²) in [4.78, 5) is 51.9. The van der Waals surface area contributed by atoms with Crippen LogP contribution in [-0.2, 0) is 14.3 Å². The molecule has 0 fully saturated rings. The summed E-state index contributed by atoms with van der Waals surface area (Å²) in [6.45, 7) is 1.39. The summed E-state index contributed by atoms with van der Waals surface area (Å²) in [6, 6.07) is 8.75. The quantitative estimate of drug-likeness (QED) is 0.478. The molecule has 0 radical (unpaired) electrons. The number of rotatable bonds is 8. The summed E-state index contributed by atoms with van der Waals surface area (Å²) < 4.78 is 5.32. The van der Waals surface area contributed by atoms with Crippen molar-refractivity contribution in [3.8, 4) is 6.07 Å². The van der Waals surface area contributed by atoms with E-state index in [-0.39, 0.29) is 17.5 Å². The third-order valence-corrected chi connectivity index (χ3v) is 6.16. The molecule has 2 atom stereocenters. The average molecular weight is 458 g/mol. The first-order valence-electron chi connectivity index (χ1n) is 9.33. The Labute approximate surface area is 187 Å². The molecule has 2 unspecified atom stereocenters. The van der Waals surface area contributed by atoms with E-state index in [1.165, 1.54) is 42.2 Å². The van der Waals surface area contributed by atoms with E-state index in [0.717, 1.165) is 4.90 Å². The van der Waals surface area contributed by atoms with Crippen LogP contribution in [-0.4, -0.2) is 52.7 Å². The zero-order valence-corrected chi connectivity index (χ0v) is 18.4. The molecule has 2 heterocycles. The van der Waals surface area contributed by atoms with Crippen molar-refractivity contribution < 1.29 is 23.9 Å². The number of hydrogen-bond donors (Lipinski definition) is 1. The molecule has 0 saturated heterocycles. The molecule has 8 nitrogen and oxygen atoms in total. The van der Waals surface area contributed by atoms with Gasteiger partial charge < -0.3 is 10.1 Å². The topological polar surface area (TPSA) is 117 Å². The van der Waals surface area contributed by atoms with Crippen LogP contribution in [0.15, 0.2) is 35.7 Å². The molecular weight excluding hydrogens is 438 g/mol. The lowest BCUT2D eigenvalue weighted by molar-refractivity contribution is -0.157. The lowest BCUT2D eigenvalue weighted by atomic mass is 10.1. The van der Waals surface area contributed by atoms with E-state index < -0.39 is 35.8 Å². The Morgan fingerprint density at radius 3 is 2.45 bits per heavy atom. The maximum Gasteiger partial charge on any atom is 0.330 e. The fraction of sp³-hybridized carbons (Fsp3) is 0.286. The highest BCUT2D eigenvalue weighted by molar-refractivity contribution is 7.98. The number of nitriles is 1. The Balaban J connectivity index is 1.75. The van der Waals surface area contributed by atoms with Crippen molar-refractivity contribution >= 4 is 51.8 Å². The normalized spacial score (nSPS) is 14.5. The van der Waals surface area contributed by atoms with Crippen molar-refractivity contribution in [3.05, 3.63) is 52.4 Å². The molecule has 10 heteroatoms. The first-order valence-corrected chi connectivity index (χ1v) is 11.6. The van der Waals surface area contributed by atoms with E-state index in [9.17, 15) is 19.2 Å². The van der Waals surface area contributed by atoms with Gasteiger partial charge in [0.2, 0.25) is 0 Å². The first-order chi connectivity index (χ1) is 14.9. The highest BCUT2D eigenvalue weighted by Gasteiger charge is 2.43. The molecule has 160 valence electrons. The Morgan fingerprint density at radius 1 is 1.23 bits per heavy atom. The highest BCUT2D eigenvalue weighted by atomic mass is 32.2. The van der Waals surface area contributed by atoms with Gasteiger partial charge in [-0.05, 0) is 48.9 Å². The number of thiophene rings is 1. The van der Waals surface area contributed by atoms with Crippen LogP contribution in [0.1, 0.15) is 39.6 Å². The number of hydrogen-bond acceptors (Lipinski definition) is 8. The SMILES string of the molecule is CSCCC(C(=O)OC(C)C(=O)Nc1sccc1C#N)N1C(=O)c2ccccc2C1=O. The molecule has 2 aromatic rings. The van der Waals surface area contributed by atoms with Crippen molar-refractivity contribution in [2.24, 2.45) is 0 Å². The van der Waals surface area contributed by atoms with Crippen LogP contribution < -0.4 is 5.32 Å². The summed E-state index contributed by atoms with van der Waals surface area (Å²) in [5, 5.41) is 13.6.